The molecular weight excluding hydrogens is 416 g/mol. The second-order valence-corrected chi connectivity index (χ2v) is 9.00. The maximum Gasteiger partial charge on any atom is 0.325 e. The minimum atomic E-state index is -0.520. The maximum atomic E-state index is 12.8. The van der Waals surface area contributed by atoms with Crippen LogP contribution in [0.1, 0.15) is 16.7 Å². The highest BCUT2D eigenvalue weighted by Crippen LogP contribution is 2.28. The van der Waals surface area contributed by atoms with E-state index in [0.29, 0.717) is 6.54 Å². The Morgan fingerprint density at radius 2 is 1.64 bits per heavy atom. The highest BCUT2D eigenvalue weighted by atomic mass is 16.2. The Labute approximate surface area is 194 Å². The molecule has 8 heteroatoms. The summed E-state index contributed by atoms with van der Waals surface area (Å²) in [6.07, 6.45) is -0.505. The summed E-state index contributed by atoms with van der Waals surface area (Å²) in [7, 11) is 1.70. The van der Waals surface area contributed by atoms with Crippen LogP contribution in [0.25, 0.3) is 0 Å². The Kier molecular flexibility index (Phi) is 5.76. The van der Waals surface area contributed by atoms with Crippen LogP contribution in [0, 0.1) is 6.92 Å². The number of likely N-dealkylation sites (N-methyl/N-ethyl adjacent to an activating group) is 1. The number of aryl methyl sites for hydroxylation is 1. The van der Waals surface area contributed by atoms with Gasteiger partial charge in [0.25, 0.3) is 5.91 Å². The standard InChI is InChI=1S/C25H30N6O2/c1-18-8-6-7-11-20(18)17-29-12-14-30(15-13-29)24-26-22-21(23(32)27-25(33)28(22)2)31(24)16-19-9-4-3-5-10-19/h3-11,21-22H,12-17H2,1-2H3,(H,27,32,33). The molecule has 1 N–H and O–H groups in total. The first kappa shape index (κ1) is 21.5. The number of amides is 3. The number of rotatable bonds is 4. The average molecular weight is 447 g/mol. The van der Waals surface area contributed by atoms with Gasteiger partial charge in [0, 0.05) is 46.3 Å². The normalized spacial score (nSPS) is 23.5. The molecule has 2 aromatic rings. The molecule has 0 saturated carbocycles. The van der Waals surface area contributed by atoms with Crippen LogP contribution in [-0.4, -0.2) is 82.9 Å². The van der Waals surface area contributed by atoms with Crippen molar-refractivity contribution in [1.82, 2.24) is 24.9 Å². The van der Waals surface area contributed by atoms with Gasteiger partial charge in [-0.1, -0.05) is 54.6 Å². The van der Waals surface area contributed by atoms with Gasteiger partial charge >= 0.3 is 6.03 Å². The molecule has 3 amide bonds. The summed E-state index contributed by atoms with van der Waals surface area (Å²) in [5, 5.41) is 2.49. The number of benzene rings is 2. The summed E-state index contributed by atoms with van der Waals surface area (Å²) < 4.78 is 0. The van der Waals surface area contributed by atoms with Crippen molar-refractivity contribution in [2.24, 2.45) is 4.99 Å². The molecule has 33 heavy (non-hydrogen) atoms. The van der Waals surface area contributed by atoms with Crippen molar-refractivity contribution in [3.63, 3.8) is 0 Å². The lowest BCUT2D eigenvalue weighted by molar-refractivity contribution is -0.127. The van der Waals surface area contributed by atoms with Gasteiger partial charge in [-0.3, -0.25) is 15.0 Å². The molecule has 2 fully saturated rings. The predicted molar refractivity (Wildman–Crippen MR) is 126 cm³/mol. The molecule has 2 aromatic carbocycles. The van der Waals surface area contributed by atoms with Gasteiger partial charge in [-0.05, 0) is 23.6 Å². The summed E-state index contributed by atoms with van der Waals surface area (Å²) in [6.45, 7) is 7.16. The number of nitrogens with one attached hydrogen (secondary N) is 1. The van der Waals surface area contributed by atoms with Crippen molar-refractivity contribution in [1.29, 1.82) is 0 Å². The van der Waals surface area contributed by atoms with Gasteiger partial charge in [-0.15, -0.1) is 0 Å². The van der Waals surface area contributed by atoms with E-state index in [1.807, 2.05) is 18.2 Å². The van der Waals surface area contributed by atoms with E-state index < -0.39 is 18.2 Å². The second kappa shape index (κ2) is 8.86. The molecule has 0 spiro atoms. The Hall–Kier alpha value is -3.39. The summed E-state index contributed by atoms with van der Waals surface area (Å²) in [6, 6.07) is 17.7. The van der Waals surface area contributed by atoms with E-state index in [1.54, 1.807) is 7.05 Å². The smallest absolute Gasteiger partial charge is 0.325 e. The van der Waals surface area contributed by atoms with Crippen LogP contribution in [0.2, 0.25) is 0 Å². The van der Waals surface area contributed by atoms with Crippen molar-refractivity contribution in [2.45, 2.75) is 32.2 Å². The minimum Gasteiger partial charge on any atom is -0.340 e. The SMILES string of the molecule is Cc1ccccc1CN1CCN(C2=NC3C(C(=O)NC(=O)N3C)N2Cc2ccccc2)CC1. The number of carbonyl (C=O) groups is 2. The van der Waals surface area contributed by atoms with E-state index in [-0.39, 0.29) is 5.91 Å². The summed E-state index contributed by atoms with van der Waals surface area (Å²) in [4.78, 5) is 38.3. The second-order valence-electron chi connectivity index (χ2n) is 9.00. The Morgan fingerprint density at radius 3 is 2.36 bits per heavy atom. The third kappa shape index (κ3) is 4.18. The summed E-state index contributed by atoms with van der Waals surface area (Å²) in [5.41, 5.74) is 3.78. The molecule has 0 bridgehead atoms. The first-order valence-corrected chi connectivity index (χ1v) is 11.5. The highest BCUT2D eigenvalue weighted by Gasteiger charge is 2.49. The molecule has 2 unspecified atom stereocenters. The largest absolute Gasteiger partial charge is 0.340 e. The number of aliphatic imine (C=N–C) groups is 1. The number of fused-ring (bicyclic) bond motifs is 1. The molecule has 172 valence electrons. The van der Waals surface area contributed by atoms with Crippen molar-refractivity contribution < 1.29 is 9.59 Å². The fraction of sp³-hybridized carbons (Fsp3) is 0.400. The number of urea groups is 1. The molecule has 0 aromatic heterocycles. The van der Waals surface area contributed by atoms with Gasteiger partial charge in [0.05, 0.1) is 0 Å². The van der Waals surface area contributed by atoms with Gasteiger partial charge in [-0.25, -0.2) is 9.79 Å². The van der Waals surface area contributed by atoms with E-state index >= 15 is 0 Å². The van der Waals surface area contributed by atoms with E-state index in [1.165, 1.54) is 16.0 Å². The molecule has 2 atom stereocenters. The number of hydrogen-bond donors (Lipinski definition) is 1. The number of guanidine groups is 1. The van der Waals surface area contributed by atoms with Crippen LogP contribution in [0.15, 0.2) is 59.6 Å². The van der Waals surface area contributed by atoms with Gasteiger partial charge < -0.3 is 14.7 Å². The molecule has 8 nitrogen and oxygen atoms in total. The van der Waals surface area contributed by atoms with Gasteiger partial charge in [-0.2, -0.15) is 0 Å². The first-order chi connectivity index (χ1) is 16.0. The molecule has 5 rings (SSSR count). The van der Waals surface area contributed by atoms with Crippen molar-refractivity contribution >= 4 is 17.9 Å². The number of nitrogens with zero attached hydrogens (tertiary/aromatic N) is 5. The lowest BCUT2D eigenvalue weighted by atomic mass is 10.1. The van der Waals surface area contributed by atoms with Gasteiger partial charge in [0.2, 0.25) is 0 Å². The molecule has 3 aliphatic heterocycles. The number of imide groups is 1. The number of carbonyl (C=O) groups excluding carboxylic acids is 2. The quantitative estimate of drug-likeness (QED) is 0.776. The number of hydrogen-bond acceptors (Lipinski definition) is 6. The average Bonchev–Trinajstić information content (AvgIpc) is 3.20. The fourth-order valence-electron chi connectivity index (χ4n) is 4.86. The van der Waals surface area contributed by atoms with Crippen LogP contribution in [0.4, 0.5) is 4.79 Å². The third-order valence-corrected chi connectivity index (χ3v) is 6.84. The van der Waals surface area contributed by atoms with Crippen molar-refractivity contribution in [3.05, 3.63) is 71.3 Å². The van der Waals surface area contributed by atoms with Crippen molar-refractivity contribution in [2.75, 3.05) is 33.2 Å². The summed E-state index contributed by atoms with van der Waals surface area (Å²) in [5.74, 6) is 0.525. The fourth-order valence-corrected chi connectivity index (χ4v) is 4.86. The molecule has 3 heterocycles. The predicted octanol–water partition coefficient (Wildman–Crippen LogP) is 1.86. The molecular formula is C25H30N6O2. The topological polar surface area (TPSA) is 71.5 Å². The van der Waals surface area contributed by atoms with Crippen molar-refractivity contribution in [3.8, 4) is 0 Å². The van der Waals surface area contributed by atoms with Gasteiger partial charge in [0.15, 0.2) is 18.2 Å². The minimum absolute atomic E-state index is 0.282. The first-order valence-electron chi connectivity index (χ1n) is 11.5. The summed E-state index contributed by atoms with van der Waals surface area (Å²) >= 11 is 0. The Balaban J connectivity index is 1.34. The van der Waals surface area contributed by atoms with Crippen LogP contribution < -0.4 is 5.32 Å². The lowest BCUT2D eigenvalue weighted by Gasteiger charge is -2.40. The number of piperazine rings is 1. The monoisotopic (exact) mass is 446 g/mol. The van der Waals surface area contributed by atoms with E-state index in [2.05, 4.69) is 63.3 Å². The Bertz CT molecular complexity index is 1060. The Morgan fingerprint density at radius 1 is 0.939 bits per heavy atom. The lowest BCUT2D eigenvalue weighted by Crippen LogP contribution is -2.64. The van der Waals surface area contributed by atoms with Crippen LogP contribution in [0.3, 0.4) is 0 Å². The maximum absolute atomic E-state index is 12.8. The zero-order chi connectivity index (χ0) is 22.9. The van der Waals surface area contributed by atoms with E-state index in [9.17, 15) is 9.59 Å². The third-order valence-electron chi connectivity index (χ3n) is 6.84. The molecule has 0 radical (unpaired) electrons. The van der Waals surface area contributed by atoms with E-state index in [0.717, 1.165) is 44.2 Å². The van der Waals surface area contributed by atoms with Crippen LogP contribution >= 0.6 is 0 Å². The van der Waals surface area contributed by atoms with E-state index in [4.69, 9.17) is 4.99 Å². The molecule has 2 saturated heterocycles. The highest BCUT2D eigenvalue weighted by molar-refractivity contribution is 6.03. The van der Waals surface area contributed by atoms with Crippen LogP contribution in [0.5, 0.6) is 0 Å². The van der Waals surface area contributed by atoms with Crippen LogP contribution in [-0.2, 0) is 17.9 Å². The zero-order valence-corrected chi connectivity index (χ0v) is 19.1. The zero-order valence-electron chi connectivity index (χ0n) is 19.1. The molecule has 3 aliphatic rings. The van der Waals surface area contributed by atoms with Gasteiger partial charge in [0.1, 0.15) is 0 Å². The molecule has 0 aliphatic carbocycles.